The quantitative estimate of drug-likeness (QED) is 0.671. The molecule has 0 spiro atoms. The van der Waals surface area contributed by atoms with Crippen molar-refractivity contribution in [3.05, 3.63) is 70.4 Å². The Balaban J connectivity index is 1.66. The third kappa shape index (κ3) is 4.35. The van der Waals surface area contributed by atoms with Gasteiger partial charge < -0.3 is 10.1 Å². The van der Waals surface area contributed by atoms with Gasteiger partial charge in [0.1, 0.15) is 5.82 Å². The summed E-state index contributed by atoms with van der Waals surface area (Å²) >= 11 is 0. The zero-order valence-corrected chi connectivity index (χ0v) is 14.4. The number of aromatic nitrogens is 2. The van der Waals surface area contributed by atoms with Crippen molar-refractivity contribution in [2.75, 3.05) is 5.32 Å². The predicted octanol–water partition coefficient (Wildman–Crippen LogP) is 2.18. The second-order valence-corrected chi connectivity index (χ2v) is 5.85. The molecule has 27 heavy (non-hydrogen) atoms. The molecule has 0 bridgehead atoms. The first-order valence-electron chi connectivity index (χ1n) is 8.16. The monoisotopic (exact) mass is 369 g/mol. The van der Waals surface area contributed by atoms with Gasteiger partial charge in [0, 0.05) is 11.1 Å². The second kappa shape index (κ2) is 7.77. The molecule has 2 aromatic carbocycles. The number of H-pyrrole nitrogens is 1. The lowest BCUT2D eigenvalue weighted by molar-refractivity contribution is -0.152. The van der Waals surface area contributed by atoms with E-state index in [0.29, 0.717) is 16.5 Å². The van der Waals surface area contributed by atoms with Gasteiger partial charge in [-0.15, -0.1) is 0 Å². The fourth-order valence-electron chi connectivity index (χ4n) is 2.55. The molecule has 138 valence electrons. The third-order valence-electron chi connectivity index (χ3n) is 3.86. The number of nitrogens with one attached hydrogen (secondary N) is 2. The number of halogens is 1. The first-order chi connectivity index (χ1) is 12.9. The summed E-state index contributed by atoms with van der Waals surface area (Å²) in [6.07, 6.45) is -1.30. The molecular weight excluding hydrogens is 353 g/mol. The van der Waals surface area contributed by atoms with Crippen molar-refractivity contribution in [2.45, 2.75) is 19.4 Å². The third-order valence-corrected chi connectivity index (χ3v) is 3.86. The fraction of sp³-hybridized carbons (Fsp3) is 0.158. The van der Waals surface area contributed by atoms with Gasteiger partial charge in [-0.3, -0.25) is 14.4 Å². The highest BCUT2D eigenvalue weighted by molar-refractivity contribution is 5.95. The molecule has 2 N–H and O–H groups in total. The lowest BCUT2D eigenvalue weighted by atomic mass is 10.1. The van der Waals surface area contributed by atoms with Crippen LogP contribution in [0.1, 0.15) is 12.6 Å². The fourth-order valence-corrected chi connectivity index (χ4v) is 2.55. The molecule has 0 saturated carbocycles. The van der Waals surface area contributed by atoms with Crippen molar-refractivity contribution < 1.29 is 18.7 Å². The van der Waals surface area contributed by atoms with E-state index in [1.807, 2.05) is 0 Å². The molecule has 7 nitrogen and oxygen atoms in total. The summed E-state index contributed by atoms with van der Waals surface area (Å²) in [6, 6.07) is 12.1. The Kier molecular flexibility index (Phi) is 5.25. The smallest absolute Gasteiger partial charge is 0.312 e. The number of rotatable bonds is 5. The van der Waals surface area contributed by atoms with E-state index in [1.54, 1.807) is 24.3 Å². The van der Waals surface area contributed by atoms with Crippen LogP contribution in [0.15, 0.2) is 53.3 Å². The predicted molar refractivity (Wildman–Crippen MR) is 96.7 cm³/mol. The number of nitrogens with zero attached hydrogens (tertiary/aromatic N) is 1. The van der Waals surface area contributed by atoms with E-state index in [9.17, 15) is 18.8 Å². The molecule has 1 heterocycles. The Bertz CT molecular complexity index is 1060. The Hall–Kier alpha value is -3.55. The number of ether oxygens (including phenoxy) is 1. The van der Waals surface area contributed by atoms with Gasteiger partial charge in [-0.05, 0) is 31.2 Å². The van der Waals surface area contributed by atoms with E-state index in [1.165, 1.54) is 25.1 Å². The normalized spacial score (nSPS) is 11.8. The molecule has 0 saturated heterocycles. The largest absolute Gasteiger partial charge is 0.452 e. The number of carbonyl (C=O) groups excluding carboxylic acids is 2. The minimum Gasteiger partial charge on any atom is -0.452 e. The second-order valence-electron chi connectivity index (χ2n) is 5.85. The average molecular weight is 369 g/mol. The molecule has 1 atom stereocenters. The highest BCUT2D eigenvalue weighted by Crippen LogP contribution is 2.14. The van der Waals surface area contributed by atoms with Crippen molar-refractivity contribution in [1.29, 1.82) is 0 Å². The summed E-state index contributed by atoms with van der Waals surface area (Å²) in [7, 11) is 0. The first kappa shape index (κ1) is 18.2. The molecule has 3 rings (SSSR count). The number of aromatic amines is 1. The number of hydrogen-bond donors (Lipinski definition) is 2. The van der Waals surface area contributed by atoms with Crippen LogP contribution < -0.4 is 10.9 Å². The van der Waals surface area contributed by atoms with E-state index in [4.69, 9.17) is 4.74 Å². The van der Waals surface area contributed by atoms with Crippen LogP contribution in [0.25, 0.3) is 10.8 Å². The molecule has 0 aliphatic rings. The van der Waals surface area contributed by atoms with Gasteiger partial charge in [-0.2, -0.15) is 5.10 Å². The number of anilines is 1. The molecule has 1 amide bonds. The SMILES string of the molecule is C[C@@H](OC(=O)Cc1n[nH]c(=O)c2ccccc12)C(=O)Nc1cccc(F)c1. The Morgan fingerprint density at radius 2 is 1.93 bits per heavy atom. The maximum Gasteiger partial charge on any atom is 0.312 e. The van der Waals surface area contributed by atoms with E-state index >= 15 is 0 Å². The lowest BCUT2D eigenvalue weighted by Crippen LogP contribution is -2.30. The zero-order chi connectivity index (χ0) is 19.4. The van der Waals surface area contributed by atoms with Crippen molar-refractivity contribution in [2.24, 2.45) is 0 Å². The number of amides is 1. The van der Waals surface area contributed by atoms with E-state index < -0.39 is 23.8 Å². The lowest BCUT2D eigenvalue weighted by Gasteiger charge is -2.13. The molecule has 1 aromatic heterocycles. The van der Waals surface area contributed by atoms with Gasteiger partial charge in [0.15, 0.2) is 6.10 Å². The van der Waals surface area contributed by atoms with Crippen molar-refractivity contribution in [1.82, 2.24) is 10.2 Å². The summed E-state index contributed by atoms with van der Waals surface area (Å²) in [4.78, 5) is 36.0. The van der Waals surface area contributed by atoms with Gasteiger partial charge in [0.25, 0.3) is 11.5 Å². The number of benzene rings is 2. The number of carbonyl (C=O) groups is 2. The van der Waals surface area contributed by atoms with Crippen molar-refractivity contribution >= 4 is 28.3 Å². The molecular formula is C19H16FN3O4. The summed E-state index contributed by atoms with van der Waals surface area (Å²) in [5, 5.41) is 9.65. The minimum atomic E-state index is -1.09. The highest BCUT2D eigenvalue weighted by Gasteiger charge is 2.19. The molecule has 0 aliphatic carbocycles. The Morgan fingerprint density at radius 3 is 2.67 bits per heavy atom. The topological polar surface area (TPSA) is 101 Å². The van der Waals surface area contributed by atoms with Crippen molar-refractivity contribution in [3.63, 3.8) is 0 Å². The van der Waals surface area contributed by atoms with Crippen LogP contribution in [0.3, 0.4) is 0 Å². The molecule has 0 unspecified atom stereocenters. The van der Waals surface area contributed by atoms with Crippen LogP contribution in [0.5, 0.6) is 0 Å². The molecule has 0 aliphatic heterocycles. The van der Waals surface area contributed by atoms with E-state index in [-0.39, 0.29) is 17.7 Å². The Labute approximate surface area is 153 Å². The van der Waals surface area contributed by atoms with Gasteiger partial charge >= 0.3 is 5.97 Å². The standard InChI is InChI=1S/C19H16FN3O4/c1-11(18(25)21-13-6-4-5-12(20)9-13)27-17(24)10-16-14-7-2-3-8-15(14)19(26)23-22-16/h2-9,11H,10H2,1H3,(H,21,25)(H,23,26)/t11-/m1/s1. The highest BCUT2D eigenvalue weighted by atomic mass is 19.1. The van der Waals surface area contributed by atoms with Gasteiger partial charge in [0.2, 0.25) is 0 Å². The summed E-state index contributed by atoms with van der Waals surface area (Å²) in [5.74, 6) is -1.76. The van der Waals surface area contributed by atoms with Gasteiger partial charge in [-0.25, -0.2) is 9.49 Å². The van der Waals surface area contributed by atoms with Crippen LogP contribution in [-0.4, -0.2) is 28.2 Å². The molecule has 8 heteroatoms. The molecule has 0 radical (unpaired) electrons. The number of fused-ring (bicyclic) bond motifs is 1. The van der Waals surface area contributed by atoms with E-state index in [2.05, 4.69) is 15.5 Å². The van der Waals surface area contributed by atoms with Gasteiger partial charge in [-0.1, -0.05) is 24.3 Å². The maximum absolute atomic E-state index is 13.2. The van der Waals surface area contributed by atoms with Gasteiger partial charge in [0.05, 0.1) is 17.5 Å². The van der Waals surface area contributed by atoms with Crippen LogP contribution in [-0.2, 0) is 20.7 Å². The molecule has 0 fully saturated rings. The summed E-state index contributed by atoms with van der Waals surface area (Å²) < 4.78 is 18.3. The van der Waals surface area contributed by atoms with Crippen LogP contribution in [0.4, 0.5) is 10.1 Å². The zero-order valence-electron chi connectivity index (χ0n) is 14.4. The first-order valence-corrected chi connectivity index (χ1v) is 8.16. The Morgan fingerprint density at radius 1 is 1.19 bits per heavy atom. The van der Waals surface area contributed by atoms with E-state index in [0.717, 1.165) is 6.07 Å². The maximum atomic E-state index is 13.2. The number of hydrogen-bond acceptors (Lipinski definition) is 5. The van der Waals surface area contributed by atoms with Crippen molar-refractivity contribution in [3.8, 4) is 0 Å². The minimum absolute atomic E-state index is 0.213. The van der Waals surface area contributed by atoms with Crippen LogP contribution in [0.2, 0.25) is 0 Å². The summed E-state index contributed by atoms with van der Waals surface area (Å²) in [5.41, 5.74) is 0.245. The number of esters is 1. The van der Waals surface area contributed by atoms with Crippen LogP contribution >= 0.6 is 0 Å². The van der Waals surface area contributed by atoms with Crippen LogP contribution in [0, 0.1) is 5.82 Å². The molecule has 3 aromatic rings. The summed E-state index contributed by atoms with van der Waals surface area (Å²) in [6.45, 7) is 1.41. The average Bonchev–Trinajstić information content (AvgIpc) is 2.64.